The monoisotopic (exact) mass is 233 g/mol. The molecular weight excluding hydrogens is 218 g/mol. The number of rotatable bonds is 4. The molecule has 0 aliphatic carbocycles. The third-order valence-electron chi connectivity index (χ3n) is 1.98. The largest absolute Gasteiger partial charge is 0.475 e. The number of anilines is 2. The van der Waals surface area contributed by atoms with Gasteiger partial charge in [0, 0.05) is 19.3 Å². The summed E-state index contributed by atoms with van der Waals surface area (Å²) in [5.41, 5.74) is 0.877. The Morgan fingerprint density at radius 2 is 2.18 bits per heavy atom. The molecule has 0 unspecified atom stereocenters. The summed E-state index contributed by atoms with van der Waals surface area (Å²) >= 11 is 0. The van der Waals surface area contributed by atoms with Crippen LogP contribution in [0, 0.1) is 0 Å². The minimum absolute atomic E-state index is 0.0936. The van der Waals surface area contributed by atoms with E-state index >= 15 is 0 Å². The summed E-state index contributed by atoms with van der Waals surface area (Å²) in [6.07, 6.45) is 5.16. The Hall–Kier alpha value is -2.11. The fourth-order valence-electron chi connectivity index (χ4n) is 1.35. The number of nitrogens with zero attached hydrogens (tertiary/aromatic N) is 4. The Balaban J connectivity index is 2.10. The van der Waals surface area contributed by atoms with Crippen molar-refractivity contribution in [3.63, 3.8) is 0 Å². The lowest BCUT2D eigenvalue weighted by Crippen LogP contribution is -2.07. The third-order valence-corrected chi connectivity index (χ3v) is 1.98. The van der Waals surface area contributed by atoms with Crippen LogP contribution in [0.1, 0.15) is 13.8 Å². The van der Waals surface area contributed by atoms with Crippen LogP contribution >= 0.6 is 0 Å². The van der Waals surface area contributed by atoms with E-state index in [0.29, 0.717) is 11.7 Å². The van der Waals surface area contributed by atoms with Crippen molar-refractivity contribution < 1.29 is 4.74 Å². The van der Waals surface area contributed by atoms with Gasteiger partial charge in [0.2, 0.25) is 5.88 Å². The Kier molecular flexibility index (Phi) is 3.22. The van der Waals surface area contributed by atoms with Gasteiger partial charge in [-0.15, -0.1) is 0 Å². The summed E-state index contributed by atoms with van der Waals surface area (Å²) in [5, 5.41) is 7.19. The molecule has 90 valence electrons. The number of hydrogen-bond acceptors (Lipinski definition) is 5. The second-order valence-electron chi connectivity index (χ2n) is 3.94. The van der Waals surface area contributed by atoms with Crippen molar-refractivity contribution in [2.24, 2.45) is 7.05 Å². The lowest BCUT2D eigenvalue weighted by molar-refractivity contribution is 0.232. The Labute approximate surface area is 99.7 Å². The van der Waals surface area contributed by atoms with Crippen molar-refractivity contribution in [2.45, 2.75) is 20.0 Å². The third kappa shape index (κ3) is 3.17. The summed E-state index contributed by atoms with van der Waals surface area (Å²) in [5.74, 6) is 1.24. The standard InChI is InChI=1S/C11H15N5O/c1-8(2)17-11-4-10(12-7-13-11)15-9-5-14-16(3)6-9/h4-8H,1-3H3,(H,12,13,15). The highest BCUT2D eigenvalue weighted by molar-refractivity contribution is 5.54. The predicted molar refractivity (Wildman–Crippen MR) is 64.3 cm³/mol. The zero-order valence-corrected chi connectivity index (χ0v) is 10.1. The molecule has 6 nitrogen and oxygen atoms in total. The molecule has 0 bridgehead atoms. The normalized spacial score (nSPS) is 10.6. The molecule has 2 aromatic heterocycles. The van der Waals surface area contributed by atoms with Crippen molar-refractivity contribution in [3.8, 4) is 5.88 Å². The highest BCUT2D eigenvalue weighted by atomic mass is 16.5. The van der Waals surface area contributed by atoms with Gasteiger partial charge >= 0.3 is 0 Å². The summed E-state index contributed by atoms with van der Waals surface area (Å²) in [6, 6.07) is 1.76. The van der Waals surface area contributed by atoms with Gasteiger partial charge in [0.25, 0.3) is 0 Å². The molecule has 1 N–H and O–H groups in total. The molecule has 0 aliphatic heterocycles. The van der Waals surface area contributed by atoms with Gasteiger partial charge in [-0.3, -0.25) is 4.68 Å². The minimum Gasteiger partial charge on any atom is -0.475 e. The van der Waals surface area contributed by atoms with E-state index in [9.17, 15) is 0 Å². The topological polar surface area (TPSA) is 64.9 Å². The maximum absolute atomic E-state index is 5.49. The van der Waals surface area contributed by atoms with Gasteiger partial charge in [0.15, 0.2) is 0 Å². The van der Waals surface area contributed by atoms with Crippen LogP contribution in [0.5, 0.6) is 5.88 Å². The van der Waals surface area contributed by atoms with Crippen LogP contribution in [0.25, 0.3) is 0 Å². The number of aryl methyl sites for hydroxylation is 1. The average molecular weight is 233 g/mol. The first-order valence-electron chi connectivity index (χ1n) is 5.38. The minimum atomic E-state index is 0.0936. The summed E-state index contributed by atoms with van der Waals surface area (Å²) in [4.78, 5) is 8.14. The van der Waals surface area contributed by atoms with E-state index in [0.717, 1.165) is 5.69 Å². The van der Waals surface area contributed by atoms with Crippen LogP contribution in [0.3, 0.4) is 0 Å². The first-order chi connectivity index (χ1) is 8.13. The fourth-order valence-corrected chi connectivity index (χ4v) is 1.35. The van der Waals surface area contributed by atoms with Gasteiger partial charge in [0.05, 0.1) is 18.0 Å². The first-order valence-corrected chi connectivity index (χ1v) is 5.38. The van der Waals surface area contributed by atoms with Gasteiger partial charge in [-0.25, -0.2) is 9.97 Å². The maximum Gasteiger partial charge on any atom is 0.218 e. The smallest absolute Gasteiger partial charge is 0.218 e. The van der Waals surface area contributed by atoms with Crippen LogP contribution in [0.2, 0.25) is 0 Å². The highest BCUT2D eigenvalue weighted by Gasteiger charge is 2.03. The van der Waals surface area contributed by atoms with Gasteiger partial charge < -0.3 is 10.1 Å². The Morgan fingerprint density at radius 1 is 1.35 bits per heavy atom. The molecular formula is C11H15N5O. The second-order valence-corrected chi connectivity index (χ2v) is 3.94. The van der Waals surface area contributed by atoms with Gasteiger partial charge in [0.1, 0.15) is 12.1 Å². The van der Waals surface area contributed by atoms with Crippen LogP contribution in [0.15, 0.2) is 24.8 Å². The van der Waals surface area contributed by atoms with Crippen LogP contribution < -0.4 is 10.1 Å². The molecule has 0 aliphatic rings. The number of ether oxygens (including phenoxy) is 1. The van der Waals surface area contributed by atoms with Gasteiger partial charge in [-0.1, -0.05) is 0 Å². The number of nitrogens with one attached hydrogen (secondary N) is 1. The van der Waals surface area contributed by atoms with E-state index in [4.69, 9.17) is 4.74 Å². The highest BCUT2D eigenvalue weighted by Crippen LogP contribution is 2.16. The molecule has 17 heavy (non-hydrogen) atoms. The number of aromatic nitrogens is 4. The lowest BCUT2D eigenvalue weighted by Gasteiger charge is -2.09. The fraction of sp³-hybridized carbons (Fsp3) is 0.364. The van der Waals surface area contributed by atoms with Crippen LogP contribution in [-0.2, 0) is 7.05 Å². The summed E-state index contributed by atoms with van der Waals surface area (Å²) in [7, 11) is 1.86. The molecule has 0 fully saturated rings. The predicted octanol–water partition coefficient (Wildman–Crippen LogP) is 1.74. The summed E-state index contributed by atoms with van der Waals surface area (Å²) < 4.78 is 7.20. The Bertz CT molecular complexity index is 494. The molecule has 6 heteroatoms. The van der Waals surface area contributed by atoms with E-state index < -0.39 is 0 Å². The van der Waals surface area contributed by atoms with E-state index in [1.807, 2.05) is 27.1 Å². The summed E-state index contributed by atoms with van der Waals surface area (Å²) in [6.45, 7) is 3.91. The quantitative estimate of drug-likeness (QED) is 0.871. The SMILES string of the molecule is CC(C)Oc1cc(Nc2cnn(C)c2)ncn1. The molecule has 0 amide bonds. The Morgan fingerprint density at radius 3 is 2.82 bits per heavy atom. The molecule has 0 radical (unpaired) electrons. The van der Waals surface area contributed by atoms with Crippen molar-refractivity contribution >= 4 is 11.5 Å². The van der Waals surface area contributed by atoms with E-state index in [-0.39, 0.29) is 6.10 Å². The molecule has 0 atom stereocenters. The first kappa shape index (κ1) is 11.4. The van der Waals surface area contributed by atoms with Gasteiger partial charge in [-0.2, -0.15) is 5.10 Å². The van der Waals surface area contributed by atoms with Crippen LogP contribution in [-0.4, -0.2) is 25.9 Å². The maximum atomic E-state index is 5.49. The number of hydrogen-bond donors (Lipinski definition) is 1. The van der Waals surface area contributed by atoms with E-state index in [2.05, 4.69) is 20.4 Å². The molecule has 0 saturated heterocycles. The van der Waals surface area contributed by atoms with Crippen molar-refractivity contribution in [2.75, 3.05) is 5.32 Å². The molecule has 2 rings (SSSR count). The molecule has 2 aromatic rings. The lowest BCUT2D eigenvalue weighted by atomic mass is 10.4. The molecule has 0 aromatic carbocycles. The molecule has 0 saturated carbocycles. The van der Waals surface area contributed by atoms with E-state index in [1.165, 1.54) is 6.33 Å². The van der Waals surface area contributed by atoms with Crippen LogP contribution in [0.4, 0.5) is 11.5 Å². The van der Waals surface area contributed by atoms with Gasteiger partial charge in [-0.05, 0) is 13.8 Å². The molecule has 0 spiro atoms. The van der Waals surface area contributed by atoms with E-state index in [1.54, 1.807) is 16.9 Å². The average Bonchev–Trinajstić information content (AvgIpc) is 2.63. The zero-order chi connectivity index (χ0) is 12.3. The van der Waals surface area contributed by atoms with Crippen molar-refractivity contribution in [1.82, 2.24) is 19.7 Å². The van der Waals surface area contributed by atoms with Crippen molar-refractivity contribution in [1.29, 1.82) is 0 Å². The molecule has 2 heterocycles. The second kappa shape index (κ2) is 4.82. The zero-order valence-electron chi connectivity index (χ0n) is 10.1. The van der Waals surface area contributed by atoms with Crippen molar-refractivity contribution in [3.05, 3.63) is 24.8 Å².